The fourth-order valence-electron chi connectivity index (χ4n) is 7.02. The number of aliphatic carboxylic acids is 1. The smallest absolute Gasteiger partial charge is 0.303 e. The van der Waals surface area contributed by atoms with Crippen LogP contribution in [0.4, 0.5) is 11.4 Å². The van der Waals surface area contributed by atoms with Crippen molar-refractivity contribution in [3.63, 3.8) is 0 Å². The quantitative estimate of drug-likeness (QED) is 0.0599. The second-order valence-electron chi connectivity index (χ2n) is 13.5. The number of nitrogens with zero attached hydrogens (tertiary/aromatic N) is 2. The highest BCUT2D eigenvalue weighted by molar-refractivity contribution is 7.86. The first-order valence-corrected chi connectivity index (χ1v) is 19.7. The lowest BCUT2D eigenvalue weighted by Crippen LogP contribution is -2.29. The molecule has 12 nitrogen and oxygen atoms in total. The summed E-state index contributed by atoms with van der Waals surface area (Å²) in [5.74, 6) is -1.14. The Labute approximate surface area is 294 Å². The largest absolute Gasteiger partial charge is 0.508 e. The number of carboxylic acids is 1. The first-order valence-electron chi connectivity index (χ1n) is 16.6. The van der Waals surface area contributed by atoms with Crippen molar-refractivity contribution in [3.8, 4) is 5.75 Å². The molecule has 50 heavy (non-hydrogen) atoms. The van der Waals surface area contributed by atoms with Crippen molar-refractivity contribution in [2.24, 2.45) is 0 Å². The summed E-state index contributed by atoms with van der Waals surface area (Å²) < 4.78 is 68.2. The zero-order valence-corrected chi connectivity index (χ0v) is 30.3. The number of phenols is 1. The van der Waals surface area contributed by atoms with Crippen LogP contribution in [0.3, 0.4) is 0 Å². The van der Waals surface area contributed by atoms with Gasteiger partial charge in [0, 0.05) is 60.5 Å². The molecule has 0 fully saturated rings. The Kier molecular flexibility index (Phi) is 12.2. The van der Waals surface area contributed by atoms with Crippen LogP contribution in [0, 0.1) is 0 Å². The highest BCUT2D eigenvalue weighted by Crippen LogP contribution is 2.51. The van der Waals surface area contributed by atoms with Crippen LogP contribution in [-0.2, 0) is 35.9 Å². The molecule has 1 unspecified atom stereocenters. The lowest BCUT2D eigenvalue weighted by atomic mass is 9.77. The third-order valence-electron chi connectivity index (χ3n) is 9.50. The molecule has 2 heterocycles. The third kappa shape index (κ3) is 8.90. The van der Waals surface area contributed by atoms with E-state index in [1.807, 2.05) is 60.6 Å². The summed E-state index contributed by atoms with van der Waals surface area (Å²) in [6.07, 6.45) is 12.5. The third-order valence-corrected chi connectivity index (χ3v) is 11.2. The van der Waals surface area contributed by atoms with Gasteiger partial charge in [0.1, 0.15) is 12.3 Å². The molecule has 0 amide bonds. The number of aliphatic hydroxyl groups is 1. The normalized spacial score (nSPS) is 19.6. The molecule has 5 N–H and O–H groups in total. The average Bonchev–Trinajstić information content (AvgIpc) is 3.37. The molecule has 4 rings (SSSR count). The Morgan fingerprint density at radius 3 is 2.30 bits per heavy atom. The second-order valence-corrected chi connectivity index (χ2v) is 16.5. The van der Waals surface area contributed by atoms with E-state index in [4.69, 9.17) is 5.11 Å². The molecular formula is C36H47N2O10S2+. The van der Waals surface area contributed by atoms with E-state index in [2.05, 4.69) is 0 Å². The maximum atomic E-state index is 12.1. The molecule has 0 saturated heterocycles. The van der Waals surface area contributed by atoms with E-state index in [9.17, 15) is 40.9 Å². The van der Waals surface area contributed by atoms with Crippen molar-refractivity contribution in [1.82, 2.24) is 0 Å². The molecular weight excluding hydrogens is 685 g/mol. The molecule has 2 aliphatic heterocycles. The standard InChI is InChI=1S/C36H46N2O10S2/c1-35(2)28-24-26(40)15-17-30(28)37(21-11-23-49(43,44)45)32(35)12-6-4-7-13-33-36(3,19-9-5-8-14-34(41)42)29-25-27(50(46,47)48)16-18-31(29)38(33)20-10-22-39/h4,6-7,12-13,15-18,24-25,39H,5,8-11,14,19-23H2,1-3H3,(H3-,40,41,42,43,44,45,46,47,48)/p+1. The topological polar surface area (TPSA) is 193 Å². The van der Waals surface area contributed by atoms with E-state index in [1.165, 1.54) is 12.1 Å². The number of aromatic hydroxyl groups is 1. The van der Waals surface area contributed by atoms with Gasteiger partial charge < -0.3 is 20.2 Å². The monoisotopic (exact) mass is 731 g/mol. The van der Waals surface area contributed by atoms with Gasteiger partial charge in [-0.25, -0.2) is 0 Å². The van der Waals surface area contributed by atoms with Gasteiger partial charge in [0.25, 0.3) is 20.2 Å². The Morgan fingerprint density at radius 1 is 0.900 bits per heavy atom. The highest BCUT2D eigenvalue weighted by Gasteiger charge is 2.45. The van der Waals surface area contributed by atoms with E-state index < -0.39 is 37.0 Å². The van der Waals surface area contributed by atoms with Gasteiger partial charge >= 0.3 is 5.97 Å². The maximum absolute atomic E-state index is 12.1. The van der Waals surface area contributed by atoms with Crippen molar-refractivity contribution >= 4 is 43.3 Å². The number of hydrogen-bond acceptors (Lipinski definition) is 8. The van der Waals surface area contributed by atoms with Crippen molar-refractivity contribution in [1.29, 1.82) is 0 Å². The van der Waals surface area contributed by atoms with Gasteiger partial charge in [-0.3, -0.25) is 13.9 Å². The number of phenolic OH excluding ortho intramolecular Hbond substituents is 1. The molecule has 2 aliphatic rings. The second kappa shape index (κ2) is 15.6. The van der Waals surface area contributed by atoms with Crippen LogP contribution in [0.25, 0.3) is 0 Å². The van der Waals surface area contributed by atoms with Crippen LogP contribution in [0.5, 0.6) is 5.75 Å². The molecule has 2 aromatic rings. The molecule has 0 bridgehead atoms. The Morgan fingerprint density at radius 2 is 1.64 bits per heavy atom. The summed E-state index contributed by atoms with van der Waals surface area (Å²) in [7, 11) is -8.61. The fraction of sp³-hybridized carbons (Fsp3) is 0.444. The molecule has 0 spiro atoms. The van der Waals surface area contributed by atoms with Crippen molar-refractivity contribution < 1.29 is 50.6 Å². The average molecular weight is 732 g/mol. The van der Waals surface area contributed by atoms with Gasteiger partial charge in [-0.1, -0.05) is 31.1 Å². The highest BCUT2D eigenvalue weighted by atomic mass is 32.2. The first-order chi connectivity index (χ1) is 23.4. The SMILES string of the molecule is CC1(C)C(/C=C/C=C/C=C2/N(CCCO)c3ccc(S(=O)(=O)O)cc3C2(C)CCCCCC(=O)O)=[N+](CCCS(=O)(=O)O)c2ccc(O)cc21. The molecule has 0 saturated carbocycles. The van der Waals surface area contributed by atoms with E-state index >= 15 is 0 Å². The van der Waals surface area contributed by atoms with Crippen molar-refractivity contribution in [2.45, 2.75) is 81.4 Å². The van der Waals surface area contributed by atoms with E-state index in [1.54, 1.807) is 24.3 Å². The molecule has 0 aromatic heterocycles. The summed E-state index contributed by atoms with van der Waals surface area (Å²) in [6, 6.07) is 9.57. The maximum Gasteiger partial charge on any atom is 0.303 e. The minimum atomic E-state index is -4.48. The van der Waals surface area contributed by atoms with Crippen LogP contribution in [0.2, 0.25) is 0 Å². The Hall–Kier alpha value is -3.82. The number of benzene rings is 2. The number of rotatable bonds is 17. The number of aliphatic hydroxyl groups excluding tert-OH is 1. The molecule has 272 valence electrons. The van der Waals surface area contributed by atoms with E-state index in [0.29, 0.717) is 50.8 Å². The lowest BCUT2D eigenvalue weighted by molar-refractivity contribution is -0.437. The predicted molar refractivity (Wildman–Crippen MR) is 192 cm³/mol. The molecule has 1 atom stereocenters. The zero-order chi connectivity index (χ0) is 36.9. The van der Waals surface area contributed by atoms with Crippen LogP contribution in [0.15, 0.2) is 77.4 Å². The fourth-order valence-corrected chi connectivity index (χ4v) is 8.02. The number of allylic oxidation sites excluding steroid dienone is 6. The van der Waals surface area contributed by atoms with Crippen molar-refractivity contribution in [2.75, 3.05) is 30.3 Å². The predicted octanol–water partition coefficient (Wildman–Crippen LogP) is 5.48. The number of carboxylic acid groups (broad SMARTS) is 1. The minimum absolute atomic E-state index is 0.0536. The molecule has 0 aliphatic carbocycles. The number of anilines is 1. The van der Waals surface area contributed by atoms with Gasteiger partial charge in [0.2, 0.25) is 5.69 Å². The van der Waals surface area contributed by atoms with Crippen LogP contribution in [-0.4, -0.2) is 83.0 Å². The number of hydrogen-bond donors (Lipinski definition) is 5. The summed E-state index contributed by atoms with van der Waals surface area (Å²) in [5.41, 5.74) is 3.68. The summed E-state index contributed by atoms with van der Waals surface area (Å²) >= 11 is 0. The summed E-state index contributed by atoms with van der Waals surface area (Å²) in [6.45, 7) is 6.74. The van der Waals surface area contributed by atoms with Gasteiger partial charge in [0.15, 0.2) is 5.71 Å². The van der Waals surface area contributed by atoms with Gasteiger partial charge in [-0.05, 0) is 82.0 Å². The Bertz CT molecular complexity index is 1950. The number of fused-ring (bicyclic) bond motifs is 2. The lowest BCUT2D eigenvalue weighted by Gasteiger charge is -2.30. The minimum Gasteiger partial charge on any atom is -0.508 e. The van der Waals surface area contributed by atoms with Gasteiger partial charge in [-0.2, -0.15) is 21.4 Å². The van der Waals surface area contributed by atoms with Crippen LogP contribution in [0.1, 0.15) is 76.8 Å². The summed E-state index contributed by atoms with van der Waals surface area (Å²) in [5, 5.41) is 29.0. The molecule has 0 radical (unpaired) electrons. The van der Waals surface area contributed by atoms with Crippen LogP contribution < -0.4 is 4.90 Å². The van der Waals surface area contributed by atoms with Crippen LogP contribution >= 0.6 is 0 Å². The van der Waals surface area contributed by atoms with Gasteiger partial charge in [0.05, 0.1) is 16.1 Å². The van der Waals surface area contributed by atoms with Crippen molar-refractivity contribution in [3.05, 3.63) is 83.6 Å². The molecule has 2 aromatic carbocycles. The number of carbonyl (C=O) groups is 1. The summed E-state index contributed by atoms with van der Waals surface area (Å²) in [4.78, 5) is 12.9. The first kappa shape index (κ1) is 39.0. The van der Waals surface area contributed by atoms with E-state index in [-0.39, 0.29) is 35.8 Å². The Balaban J connectivity index is 1.71. The van der Waals surface area contributed by atoms with Gasteiger partial charge in [-0.15, -0.1) is 0 Å². The molecule has 14 heteroatoms. The van der Waals surface area contributed by atoms with E-state index in [0.717, 1.165) is 28.3 Å². The number of unbranched alkanes of at least 4 members (excludes halogenated alkanes) is 2. The zero-order valence-electron chi connectivity index (χ0n) is 28.6.